The molecule has 1 aliphatic rings. The maximum atomic E-state index is 11.9. The van der Waals surface area contributed by atoms with E-state index in [1.165, 1.54) is 0 Å². The summed E-state index contributed by atoms with van der Waals surface area (Å²) in [5.41, 5.74) is 0. The molecule has 0 radical (unpaired) electrons. The number of nitrogens with zero attached hydrogens (tertiary/aromatic N) is 1. The highest BCUT2D eigenvalue weighted by Crippen LogP contribution is 2.06. The van der Waals surface area contributed by atoms with Crippen molar-refractivity contribution in [3.8, 4) is 0 Å². The average Bonchev–Trinajstić information content (AvgIpc) is 2.27. The molecule has 0 aromatic heterocycles. The van der Waals surface area contributed by atoms with Crippen molar-refractivity contribution in [3.05, 3.63) is 0 Å². The Labute approximate surface area is 109 Å². The minimum absolute atomic E-state index is 0.000651. The van der Waals surface area contributed by atoms with Crippen LogP contribution in [0, 0.1) is 0 Å². The Morgan fingerprint density at radius 1 is 1.50 bits per heavy atom. The van der Waals surface area contributed by atoms with Crippen molar-refractivity contribution in [3.63, 3.8) is 0 Å². The third kappa shape index (κ3) is 5.32. The fourth-order valence-corrected chi connectivity index (χ4v) is 3.43. The number of carbonyl (C=O) groups is 1. The van der Waals surface area contributed by atoms with Gasteiger partial charge in [-0.05, 0) is 20.0 Å². The van der Waals surface area contributed by atoms with Crippen molar-refractivity contribution >= 4 is 15.7 Å². The molecule has 2 N–H and O–H groups in total. The predicted molar refractivity (Wildman–Crippen MR) is 71.2 cm³/mol. The molecular weight excluding hydrogens is 254 g/mol. The standard InChI is InChI=1S/C11H23N3O3S/c1-12-4-3-6-14(2)11(15)8-10-9-18(16,17)7-5-13-10/h10,12-13H,3-9H2,1-2H3. The highest BCUT2D eigenvalue weighted by Gasteiger charge is 2.26. The normalized spacial score (nSPS) is 22.7. The van der Waals surface area contributed by atoms with E-state index < -0.39 is 9.84 Å². The molecule has 0 aromatic carbocycles. The second kappa shape index (κ2) is 7.06. The van der Waals surface area contributed by atoms with Gasteiger partial charge in [0.25, 0.3) is 0 Å². The molecule has 1 atom stereocenters. The first-order chi connectivity index (χ1) is 8.44. The van der Waals surface area contributed by atoms with Crippen LogP contribution in [0.5, 0.6) is 0 Å². The Kier molecular flexibility index (Phi) is 6.04. The van der Waals surface area contributed by atoms with E-state index in [9.17, 15) is 13.2 Å². The fourth-order valence-electron chi connectivity index (χ4n) is 1.98. The lowest BCUT2D eigenvalue weighted by molar-refractivity contribution is -0.130. The molecule has 0 aromatic rings. The highest BCUT2D eigenvalue weighted by molar-refractivity contribution is 7.91. The number of hydrogen-bond donors (Lipinski definition) is 2. The van der Waals surface area contributed by atoms with Gasteiger partial charge in [-0.1, -0.05) is 0 Å². The van der Waals surface area contributed by atoms with Gasteiger partial charge in [0.15, 0.2) is 9.84 Å². The van der Waals surface area contributed by atoms with Gasteiger partial charge in [-0.15, -0.1) is 0 Å². The van der Waals surface area contributed by atoms with Crippen molar-refractivity contribution in [1.29, 1.82) is 0 Å². The summed E-state index contributed by atoms with van der Waals surface area (Å²) in [4.78, 5) is 13.6. The first kappa shape index (κ1) is 15.4. The summed E-state index contributed by atoms with van der Waals surface area (Å²) >= 11 is 0. The number of sulfone groups is 1. The van der Waals surface area contributed by atoms with Crippen LogP contribution in [0.4, 0.5) is 0 Å². The molecule has 1 fully saturated rings. The van der Waals surface area contributed by atoms with Gasteiger partial charge >= 0.3 is 0 Å². The molecule has 0 aliphatic carbocycles. The smallest absolute Gasteiger partial charge is 0.223 e. The summed E-state index contributed by atoms with van der Waals surface area (Å²) in [6.45, 7) is 2.01. The second-order valence-electron chi connectivity index (χ2n) is 4.74. The third-order valence-corrected chi connectivity index (χ3v) is 4.80. The third-order valence-electron chi connectivity index (χ3n) is 3.07. The van der Waals surface area contributed by atoms with Crippen LogP contribution in [0.2, 0.25) is 0 Å². The van der Waals surface area contributed by atoms with Gasteiger partial charge in [-0.3, -0.25) is 4.79 Å². The van der Waals surface area contributed by atoms with Crippen LogP contribution in [0.1, 0.15) is 12.8 Å². The van der Waals surface area contributed by atoms with E-state index in [1.54, 1.807) is 11.9 Å². The van der Waals surface area contributed by atoms with Crippen molar-refractivity contribution in [2.45, 2.75) is 18.9 Å². The molecule has 18 heavy (non-hydrogen) atoms. The van der Waals surface area contributed by atoms with E-state index >= 15 is 0 Å². The summed E-state index contributed by atoms with van der Waals surface area (Å²) in [6.07, 6.45) is 1.16. The molecule has 1 aliphatic heterocycles. The Hall–Kier alpha value is -0.660. The summed E-state index contributed by atoms with van der Waals surface area (Å²) in [5.74, 6) is 0.249. The lowest BCUT2D eigenvalue weighted by Gasteiger charge is -2.25. The van der Waals surface area contributed by atoms with Crippen molar-refractivity contribution < 1.29 is 13.2 Å². The topological polar surface area (TPSA) is 78.5 Å². The van der Waals surface area contributed by atoms with Gasteiger partial charge in [0.05, 0.1) is 11.5 Å². The highest BCUT2D eigenvalue weighted by atomic mass is 32.2. The fraction of sp³-hybridized carbons (Fsp3) is 0.909. The molecule has 7 heteroatoms. The van der Waals surface area contributed by atoms with Crippen LogP contribution in [0.25, 0.3) is 0 Å². The van der Waals surface area contributed by atoms with Gasteiger partial charge < -0.3 is 15.5 Å². The van der Waals surface area contributed by atoms with Crippen LogP contribution >= 0.6 is 0 Å². The van der Waals surface area contributed by atoms with Crippen LogP contribution in [-0.4, -0.2) is 70.5 Å². The Morgan fingerprint density at radius 2 is 2.22 bits per heavy atom. The summed E-state index contributed by atoms with van der Waals surface area (Å²) in [6, 6.07) is -0.233. The minimum Gasteiger partial charge on any atom is -0.346 e. The van der Waals surface area contributed by atoms with Crippen molar-refractivity contribution in [2.24, 2.45) is 0 Å². The average molecular weight is 277 g/mol. The van der Waals surface area contributed by atoms with Gasteiger partial charge in [-0.25, -0.2) is 8.42 Å². The molecular formula is C11H23N3O3S. The summed E-state index contributed by atoms with van der Waals surface area (Å²) < 4.78 is 22.9. The Balaban J connectivity index is 2.35. The molecule has 1 heterocycles. The van der Waals surface area contributed by atoms with E-state index in [4.69, 9.17) is 0 Å². The summed E-state index contributed by atoms with van der Waals surface area (Å²) in [7, 11) is 0.666. The molecule has 1 saturated heterocycles. The van der Waals surface area contributed by atoms with Crippen LogP contribution < -0.4 is 10.6 Å². The molecule has 1 unspecified atom stereocenters. The van der Waals surface area contributed by atoms with Crippen LogP contribution in [0.15, 0.2) is 0 Å². The van der Waals surface area contributed by atoms with E-state index in [1.807, 2.05) is 7.05 Å². The Morgan fingerprint density at radius 3 is 2.83 bits per heavy atom. The number of amides is 1. The lowest BCUT2D eigenvalue weighted by Crippen LogP contribution is -2.47. The monoisotopic (exact) mass is 277 g/mol. The van der Waals surface area contributed by atoms with Crippen LogP contribution in [-0.2, 0) is 14.6 Å². The van der Waals surface area contributed by atoms with Crippen molar-refractivity contribution in [2.75, 3.05) is 45.2 Å². The van der Waals surface area contributed by atoms with Gasteiger partial charge in [-0.2, -0.15) is 0 Å². The van der Waals surface area contributed by atoms with Gasteiger partial charge in [0.2, 0.25) is 5.91 Å². The molecule has 6 nitrogen and oxygen atoms in total. The molecule has 0 saturated carbocycles. The molecule has 106 valence electrons. The second-order valence-corrected chi connectivity index (χ2v) is 6.97. The number of hydrogen-bond acceptors (Lipinski definition) is 5. The molecule has 1 amide bonds. The van der Waals surface area contributed by atoms with Gasteiger partial charge in [0.1, 0.15) is 0 Å². The van der Waals surface area contributed by atoms with Crippen LogP contribution in [0.3, 0.4) is 0 Å². The van der Waals surface area contributed by atoms with E-state index in [2.05, 4.69) is 10.6 Å². The molecule has 0 bridgehead atoms. The molecule has 1 rings (SSSR count). The van der Waals surface area contributed by atoms with E-state index in [0.29, 0.717) is 13.1 Å². The SMILES string of the molecule is CNCCCN(C)C(=O)CC1CS(=O)(=O)CCN1. The number of carbonyl (C=O) groups excluding carboxylic acids is 1. The zero-order valence-electron chi connectivity index (χ0n) is 11.1. The lowest BCUT2D eigenvalue weighted by atomic mass is 10.2. The largest absolute Gasteiger partial charge is 0.346 e. The minimum atomic E-state index is -2.97. The maximum Gasteiger partial charge on any atom is 0.223 e. The first-order valence-corrected chi connectivity index (χ1v) is 8.09. The number of rotatable bonds is 6. The Bertz CT molecular complexity index is 370. The number of nitrogens with one attached hydrogen (secondary N) is 2. The molecule has 0 spiro atoms. The van der Waals surface area contributed by atoms with Crippen molar-refractivity contribution in [1.82, 2.24) is 15.5 Å². The zero-order chi connectivity index (χ0) is 13.6. The predicted octanol–water partition coefficient (Wildman–Crippen LogP) is -1.17. The van der Waals surface area contributed by atoms with E-state index in [-0.39, 0.29) is 29.9 Å². The maximum absolute atomic E-state index is 11.9. The zero-order valence-corrected chi connectivity index (χ0v) is 11.9. The first-order valence-electron chi connectivity index (χ1n) is 6.27. The van der Waals surface area contributed by atoms with Gasteiger partial charge in [0, 0.05) is 32.6 Å². The van der Waals surface area contributed by atoms with E-state index in [0.717, 1.165) is 13.0 Å². The summed E-state index contributed by atoms with van der Waals surface area (Å²) in [5, 5.41) is 6.11. The quantitative estimate of drug-likeness (QED) is 0.598.